The maximum Gasteiger partial charge on any atom is 0.240 e. The molecule has 1 aliphatic heterocycles. The van der Waals surface area contributed by atoms with Crippen LogP contribution in [-0.2, 0) is 27.8 Å². The third-order valence-corrected chi connectivity index (χ3v) is 4.77. The maximum absolute atomic E-state index is 13.1. The number of halogens is 1. The number of anilines is 1. The molecule has 0 aliphatic carbocycles. The smallest absolute Gasteiger partial charge is 0.240 e. The summed E-state index contributed by atoms with van der Waals surface area (Å²) in [6.07, 6.45) is 0.169. The van der Waals surface area contributed by atoms with Crippen LogP contribution < -0.4 is 10.0 Å². The van der Waals surface area contributed by atoms with Crippen LogP contribution in [0.4, 0.5) is 10.1 Å². The molecule has 2 aromatic carbocycles. The molecule has 3 rings (SSSR count). The van der Waals surface area contributed by atoms with Crippen LogP contribution in [0.15, 0.2) is 47.4 Å². The maximum atomic E-state index is 13.1. The van der Waals surface area contributed by atoms with Gasteiger partial charge in [0.1, 0.15) is 5.82 Å². The molecule has 0 bridgehead atoms. The van der Waals surface area contributed by atoms with Crippen molar-refractivity contribution in [2.24, 2.45) is 0 Å². The fraction of sp³-hybridized carbons (Fsp3) is 0.133. The zero-order chi connectivity index (χ0) is 15.7. The van der Waals surface area contributed by atoms with Gasteiger partial charge < -0.3 is 5.32 Å². The molecule has 0 unspecified atom stereocenters. The number of benzene rings is 2. The standard InChI is InChI=1S/C15H13FN2O3S/c16-12-3-1-2-10(6-12)9-17-22(20,21)13-4-5-14-11(7-13)8-15(19)18-14/h1-7,17H,8-9H2,(H,18,19). The summed E-state index contributed by atoms with van der Waals surface area (Å²) in [7, 11) is -3.72. The van der Waals surface area contributed by atoms with Gasteiger partial charge in [-0.05, 0) is 41.5 Å². The van der Waals surface area contributed by atoms with E-state index in [0.717, 1.165) is 0 Å². The number of carbonyl (C=O) groups is 1. The van der Waals surface area contributed by atoms with Crippen LogP contribution in [0.5, 0.6) is 0 Å². The molecule has 0 saturated heterocycles. The molecule has 0 saturated carbocycles. The van der Waals surface area contributed by atoms with E-state index >= 15 is 0 Å². The van der Waals surface area contributed by atoms with Crippen molar-refractivity contribution >= 4 is 21.6 Å². The first kappa shape index (κ1) is 14.7. The molecule has 22 heavy (non-hydrogen) atoms. The Bertz CT molecular complexity index is 850. The molecule has 7 heteroatoms. The molecule has 1 amide bonds. The molecule has 0 fully saturated rings. The van der Waals surface area contributed by atoms with Crippen LogP contribution in [0, 0.1) is 5.82 Å². The van der Waals surface area contributed by atoms with Gasteiger partial charge in [0.05, 0.1) is 11.3 Å². The molecule has 5 nitrogen and oxygen atoms in total. The van der Waals surface area contributed by atoms with E-state index in [-0.39, 0.29) is 23.8 Å². The summed E-state index contributed by atoms with van der Waals surface area (Å²) in [5, 5.41) is 2.64. The lowest BCUT2D eigenvalue weighted by atomic mass is 10.2. The SMILES string of the molecule is O=C1Cc2cc(S(=O)(=O)NCc3cccc(F)c3)ccc2N1. The topological polar surface area (TPSA) is 75.3 Å². The minimum atomic E-state index is -3.72. The molecular formula is C15H13FN2O3S. The van der Waals surface area contributed by atoms with Crippen LogP contribution >= 0.6 is 0 Å². The number of hydrogen-bond donors (Lipinski definition) is 2. The molecule has 0 spiro atoms. The minimum absolute atomic E-state index is 0.00560. The summed E-state index contributed by atoms with van der Waals surface area (Å²) >= 11 is 0. The number of nitrogens with one attached hydrogen (secondary N) is 2. The lowest BCUT2D eigenvalue weighted by Gasteiger charge is -2.08. The predicted octanol–water partition coefficient (Wildman–Crippen LogP) is 1.80. The van der Waals surface area contributed by atoms with E-state index in [2.05, 4.69) is 10.0 Å². The summed E-state index contributed by atoms with van der Waals surface area (Å²) in [4.78, 5) is 11.4. The van der Waals surface area contributed by atoms with Gasteiger partial charge in [-0.3, -0.25) is 4.79 Å². The molecule has 2 N–H and O–H groups in total. The Morgan fingerprint density at radius 1 is 1.18 bits per heavy atom. The van der Waals surface area contributed by atoms with E-state index in [4.69, 9.17) is 0 Å². The van der Waals surface area contributed by atoms with Crippen LogP contribution in [0.3, 0.4) is 0 Å². The first-order valence-corrected chi connectivity index (χ1v) is 8.09. The van der Waals surface area contributed by atoms with Crippen molar-refractivity contribution in [2.45, 2.75) is 17.9 Å². The number of carbonyl (C=O) groups excluding carboxylic acids is 1. The lowest BCUT2D eigenvalue weighted by Crippen LogP contribution is -2.23. The average molecular weight is 320 g/mol. The highest BCUT2D eigenvalue weighted by atomic mass is 32.2. The summed E-state index contributed by atoms with van der Waals surface area (Å²) in [5.41, 5.74) is 1.81. The van der Waals surface area contributed by atoms with Crippen LogP contribution in [0.1, 0.15) is 11.1 Å². The highest BCUT2D eigenvalue weighted by molar-refractivity contribution is 7.89. The van der Waals surface area contributed by atoms with Gasteiger partial charge >= 0.3 is 0 Å². The van der Waals surface area contributed by atoms with Crippen molar-refractivity contribution < 1.29 is 17.6 Å². The highest BCUT2D eigenvalue weighted by Gasteiger charge is 2.21. The van der Waals surface area contributed by atoms with Crippen molar-refractivity contribution in [1.29, 1.82) is 0 Å². The molecule has 1 heterocycles. The zero-order valence-corrected chi connectivity index (χ0v) is 12.3. The molecule has 0 radical (unpaired) electrons. The monoisotopic (exact) mass is 320 g/mol. The number of hydrogen-bond acceptors (Lipinski definition) is 3. The molecule has 2 aromatic rings. The third-order valence-electron chi connectivity index (χ3n) is 3.37. The second-order valence-corrected chi connectivity index (χ2v) is 6.77. The predicted molar refractivity (Wildman–Crippen MR) is 79.2 cm³/mol. The molecular weight excluding hydrogens is 307 g/mol. The van der Waals surface area contributed by atoms with Gasteiger partial charge in [0, 0.05) is 12.2 Å². The van der Waals surface area contributed by atoms with E-state index in [1.165, 1.54) is 30.3 Å². The average Bonchev–Trinajstić information content (AvgIpc) is 2.84. The lowest BCUT2D eigenvalue weighted by molar-refractivity contribution is -0.115. The van der Waals surface area contributed by atoms with Crippen molar-refractivity contribution in [3.05, 3.63) is 59.4 Å². The largest absolute Gasteiger partial charge is 0.326 e. The first-order valence-electron chi connectivity index (χ1n) is 6.61. The van der Waals surface area contributed by atoms with Gasteiger partial charge in [-0.25, -0.2) is 17.5 Å². The summed E-state index contributed by atoms with van der Waals surface area (Å²) in [6.45, 7) is -0.00560. The van der Waals surface area contributed by atoms with E-state index < -0.39 is 15.8 Å². The molecule has 0 aromatic heterocycles. The van der Waals surface area contributed by atoms with Gasteiger partial charge in [-0.15, -0.1) is 0 Å². The molecule has 0 atom stereocenters. The van der Waals surface area contributed by atoms with Gasteiger partial charge in [-0.2, -0.15) is 0 Å². The van der Waals surface area contributed by atoms with Crippen molar-refractivity contribution in [3.63, 3.8) is 0 Å². The first-order chi connectivity index (χ1) is 10.4. The van der Waals surface area contributed by atoms with Crippen molar-refractivity contribution in [2.75, 3.05) is 5.32 Å². The minimum Gasteiger partial charge on any atom is -0.326 e. The Morgan fingerprint density at radius 3 is 2.77 bits per heavy atom. The Morgan fingerprint density at radius 2 is 2.00 bits per heavy atom. The van der Waals surface area contributed by atoms with Gasteiger partial charge in [0.15, 0.2) is 0 Å². The quantitative estimate of drug-likeness (QED) is 0.902. The number of rotatable bonds is 4. The van der Waals surface area contributed by atoms with E-state index in [1.807, 2.05) is 0 Å². The van der Waals surface area contributed by atoms with Crippen molar-refractivity contribution in [3.8, 4) is 0 Å². The number of sulfonamides is 1. The summed E-state index contributed by atoms with van der Waals surface area (Å²) in [6, 6.07) is 10.2. The van der Waals surface area contributed by atoms with Crippen LogP contribution in [0.25, 0.3) is 0 Å². The van der Waals surface area contributed by atoms with Crippen LogP contribution in [-0.4, -0.2) is 14.3 Å². The Balaban J connectivity index is 1.79. The third kappa shape index (κ3) is 3.00. The molecule has 1 aliphatic rings. The Hall–Kier alpha value is -2.25. The van der Waals surface area contributed by atoms with E-state index in [0.29, 0.717) is 16.8 Å². The second kappa shape index (κ2) is 5.51. The summed E-state index contributed by atoms with van der Waals surface area (Å²) < 4.78 is 40.0. The number of fused-ring (bicyclic) bond motifs is 1. The zero-order valence-electron chi connectivity index (χ0n) is 11.5. The summed E-state index contributed by atoms with van der Waals surface area (Å²) in [5.74, 6) is -0.573. The second-order valence-electron chi connectivity index (χ2n) is 5.00. The normalized spacial score (nSPS) is 13.8. The van der Waals surface area contributed by atoms with Crippen LogP contribution in [0.2, 0.25) is 0 Å². The Labute approximate surface area is 127 Å². The number of amides is 1. The Kier molecular flexibility index (Phi) is 3.67. The van der Waals surface area contributed by atoms with E-state index in [9.17, 15) is 17.6 Å². The van der Waals surface area contributed by atoms with E-state index in [1.54, 1.807) is 12.1 Å². The fourth-order valence-electron chi connectivity index (χ4n) is 2.28. The van der Waals surface area contributed by atoms with Gasteiger partial charge in [-0.1, -0.05) is 12.1 Å². The van der Waals surface area contributed by atoms with Gasteiger partial charge in [0.2, 0.25) is 15.9 Å². The fourth-order valence-corrected chi connectivity index (χ4v) is 3.35. The van der Waals surface area contributed by atoms with Crippen molar-refractivity contribution in [1.82, 2.24) is 4.72 Å². The van der Waals surface area contributed by atoms with Gasteiger partial charge in [0.25, 0.3) is 0 Å². The molecule has 114 valence electrons. The highest BCUT2D eigenvalue weighted by Crippen LogP contribution is 2.25.